The number of ether oxygens (including phenoxy) is 2. The second-order valence-corrected chi connectivity index (χ2v) is 5.99. The molecule has 0 saturated carbocycles. The number of nitrogens with zero attached hydrogens (tertiary/aromatic N) is 1. The van der Waals surface area contributed by atoms with Crippen LogP contribution in [-0.2, 0) is 32.1 Å². The molecule has 0 spiro atoms. The first-order valence-corrected chi connectivity index (χ1v) is 8.76. The molecule has 0 heterocycles. The summed E-state index contributed by atoms with van der Waals surface area (Å²) in [4.78, 5) is 17.2. The van der Waals surface area contributed by atoms with Gasteiger partial charge in [-0.25, -0.2) is 4.79 Å². The van der Waals surface area contributed by atoms with Gasteiger partial charge in [-0.1, -0.05) is 35.5 Å². The van der Waals surface area contributed by atoms with E-state index >= 15 is 0 Å². The summed E-state index contributed by atoms with van der Waals surface area (Å²) in [7, 11) is 1.35. The molecule has 1 N–H and O–H groups in total. The van der Waals surface area contributed by atoms with Crippen LogP contribution < -0.4 is 0 Å². The highest BCUT2D eigenvalue weighted by atomic mass is 16.6. The van der Waals surface area contributed by atoms with Crippen molar-refractivity contribution in [3.63, 3.8) is 0 Å². The Hall–Kier alpha value is -2.86. The lowest BCUT2D eigenvalue weighted by molar-refractivity contribution is -0.153. The number of esters is 1. The standard InChI is InChI=1S/C21H25NO5/c1-4-26-20(21(24)25-3)13-17-6-5-7-18(12-17)15(2)22-27-14-16-8-10-19(23)11-9-16/h5-12,20,23H,4,13-14H2,1-3H3/b22-15+/t20-/m1/s1. The van der Waals surface area contributed by atoms with E-state index in [-0.39, 0.29) is 11.7 Å². The minimum absolute atomic E-state index is 0.215. The molecule has 0 radical (unpaired) electrons. The van der Waals surface area contributed by atoms with E-state index in [2.05, 4.69) is 5.16 Å². The lowest BCUT2D eigenvalue weighted by Gasteiger charge is -2.15. The Morgan fingerprint density at radius 2 is 1.89 bits per heavy atom. The fourth-order valence-corrected chi connectivity index (χ4v) is 2.53. The second kappa shape index (κ2) is 10.3. The van der Waals surface area contributed by atoms with Crippen molar-refractivity contribution in [3.05, 3.63) is 65.2 Å². The van der Waals surface area contributed by atoms with Crippen molar-refractivity contribution < 1.29 is 24.2 Å². The summed E-state index contributed by atoms with van der Waals surface area (Å²) in [5, 5.41) is 13.4. The predicted molar refractivity (Wildman–Crippen MR) is 103 cm³/mol. The number of rotatable bonds is 9. The van der Waals surface area contributed by atoms with E-state index < -0.39 is 6.10 Å². The van der Waals surface area contributed by atoms with Gasteiger partial charge in [0.1, 0.15) is 12.4 Å². The Morgan fingerprint density at radius 1 is 1.15 bits per heavy atom. The van der Waals surface area contributed by atoms with Crippen molar-refractivity contribution >= 4 is 11.7 Å². The van der Waals surface area contributed by atoms with Crippen LogP contribution in [0.15, 0.2) is 53.7 Å². The van der Waals surface area contributed by atoms with E-state index in [4.69, 9.17) is 14.3 Å². The molecule has 0 aromatic heterocycles. The summed E-state index contributed by atoms with van der Waals surface area (Å²) in [6.07, 6.45) is -0.200. The van der Waals surface area contributed by atoms with Gasteiger partial charge in [-0.2, -0.15) is 0 Å². The highest BCUT2D eigenvalue weighted by Gasteiger charge is 2.20. The fraction of sp³-hybridized carbons (Fsp3) is 0.333. The topological polar surface area (TPSA) is 77.4 Å². The maximum Gasteiger partial charge on any atom is 0.335 e. The minimum Gasteiger partial charge on any atom is -0.508 e. The maximum absolute atomic E-state index is 11.8. The van der Waals surface area contributed by atoms with Gasteiger partial charge in [0.15, 0.2) is 6.10 Å². The summed E-state index contributed by atoms with van der Waals surface area (Å²) in [5.74, 6) is -0.169. The van der Waals surface area contributed by atoms with Crippen LogP contribution in [0.4, 0.5) is 0 Å². The average Bonchev–Trinajstić information content (AvgIpc) is 2.68. The molecule has 2 aromatic carbocycles. The van der Waals surface area contributed by atoms with Crippen LogP contribution in [0.3, 0.4) is 0 Å². The summed E-state index contributed by atoms with van der Waals surface area (Å²) < 4.78 is 10.3. The lowest BCUT2D eigenvalue weighted by atomic mass is 10.0. The number of benzene rings is 2. The summed E-state index contributed by atoms with van der Waals surface area (Å²) >= 11 is 0. The molecular weight excluding hydrogens is 346 g/mol. The van der Waals surface area contributed by atoms with Crippen molar-refractivity contribution in [1.29, 1.82) is 0 Å². The first kappa shape index (κ1) is 20.5. The molecule has 6 nitrogen and oxygen atoms in total. The molecule has 1 atom stereocenters. The van der Waals surface area contributed by atoms with Gasteiger partial charge >= 0.3 is 5.97 Å². The van der Waals surface area contributed by atoms with Gasteiger partial charge in [0.25, 0.3) is 0 Å². The highest BCUT2D eigenvalue weighted by molar-refractivity contribution is 5.98. The number of methoxy groups -OCH3 is 1. The minimum atomic E-state index is -0.627. The molecule has 0 aliphatic rings. The molecule has 144 valence electrons. The van der Waals surface area contributed by atoms with Gasteiger partial charge < -0.3 is 19.4 Å². The highest BCUT2D eigenvalue weighted by Crippen LogP contribution is 2.13. The molecule has 2 rings (SSSR count). The number of carbonyl (C=O) groups is 1. The van der Waals surface area contributed by atoms with E-state index in [1.165, 1.54) is 7.11 Å². The van der Waals surface area contributed by atoms with Gasteiger partial charge in [-0.05, 0) is 48.7 Å². The summed E-state index contributed by atoms with van der Waals surface area (Å²) in [5.41, 5.74) is 3.49. The van der Waals surface area contributed by atoms with Crippen molar-refractivity contribution in [1.82, 2.24) is 0 Å². The number of hydrogen-bond acceptors (Lipinski definition) is 6. The largest absolute Gasteiger partial charge is 0.508 e. The SMILES string of the molecule is CCO[C@H](Cc1cccc(/C(C)=N/OCc2ccc(O)cc2)c1)C(=O)OC. The molecule has 0 unspecified atom stereocenters. The molecular formula is C21H25NO5. The number of hydrogen-bond donors (Lipinski definition) is 1. The summed E-state index contributed by atoms with van der Waals surface area (Å²) in [6, 6.07) is 14.5. The summed E-state index contributed by atoms with van der Waals surface area (Å²) in [6.45, 7) is 4.45. The zero-order chi connectivity index (χ0) is 19.6. The normalized spacial score (nSPS) is 12.5. The number of carbonyl (C=O) groups excluding carboxylic acids is 1. The molecule has 0 fully saturated rings. The Kier molecular flexibility index (Phi) is 7.82. The smallest absolute Gasteiger partial charge is 0.335 e. The maximum atomic E-state index is 11.8. The number of aromatic hydroxyl groups is 1. The molecule has 0 amide bonds. The Labute approximate surface area is 159 Å². The van der Waals surface area contributed by atoms with Crippen molar-refractivity contribution in [2.75, 3.05) is 13.7 Å². The second-order valence-electron chi connectivity index (χ2n) is 5.99. The fourth-order valence-electron chi connectivity index (χ4n) is 2.53. The van der Waals surface area contributed by atoms with E-state index in [1.807, 2.05) is 38.1 Å². The molecule has 0 bridgehead atoms. The predicted octanol–water partition coefficient (Wildman–Crippen LogP) is 3.45. The van der Waals surface area contributed by atoms with Gasteiger partial charge in [0, 0.05) is 13.0 Å². The van der Waals surface area contributed by atoms with E-state index in [9.17, 15) is 9.90 Å². The molecule has 27 heavy (non-hydrogen) atoms. The van der Waals surface area contributed by atoms with Crippen LogP contribution >= 0.6 is 0 Å². The number of oxime groups is 1. The third-order valence-corrected chi connectivity index (χ3v) is 3.97. The van der Waals surface area contributed by atoms with Crippen molar-refractivity contribution in [2.24, 2.45) is 5.16 Å². The van der Waals surface area contributed by atoms with Crippen LogP contribution in [0, 0.1) is 0 Å². The quantitative estimate of drug-likeness (QED) is 0.415. The van der Waals surface area contributed by atoms with Crippen LogP contribution in [-0.4, -0.2) is 36.6 Å². The lowest BCUT2D eigenvalue weighted by Crippen LogP contribution is -2.28. The van der Waals surface area contributed by atoms with Gasteiger partial charge in [0.05, 0.1) is 12.8 Å². The monoisotopic (exact) mass is 371 g/mol. The van der Waals surface area contributed by atoms with Crippen LogP contribution in [0.2, 0.25) is 0 Å². The van der Waals surface area contributed by atoms with E-state index in [0.29, 0.717) is 19.6 Å². The van der Waals surface area contributed by atoms with Crippen molar-refractivity contribution in [3.8, 4) is 5.75 Å². The molecule has 0 aliphatic heterocycles. The average molecular weight is 371 g/mol. The molecule has 6 heteroatoms. The van der Waals surface area contributed by atoms with Crippen LogP contribution in [0.1, 0.15) is 30.5 Å². The first-order valence-electron chi connectivity index (χ1n) is 8.76. The van der Waals surface area contributed by atoms with Crippen molar-refractivity contribution in [2.45, 2.75) is 33.0 Å². The Morgan fingerprint density at radius 3 is 2.56 bits per heavy atom. The van der Waals surface area contributed by atoms with Crippen LogP contribution in [0.5, 0.6) is 5.75 Å². The zero-order valence-electron chi connectivity index (χ0n) is 15.8. The Bertz CT molecular complexity index is 770. The number of phenolic OH excluding ortho intramolecular Hbond substituents is 1. The third kappa shape index (κ3) is 6.42. The first-order chi connectivity index (χ1) is 13.0. The zero-order valence-corrected chi connectivity index (χ0v) is 15.8. The van der Waals surface area contributed by atoms with Gasteiger partial charge in [-0.15, -0.1) is 0 Å². The molecule has 0 saturated heterocycles. The molecule has 0 aliphatic carbocycles. The Balaban J connectivity index is 2.01. The van der Waals surface area contributed by atoms with E-state index in [1.54, 1.807) is 24.3 Å². The number of phenols is 1. The van der Waals surface area contributed by atoms with Crippen LogP contribution in [0.25, 0.3) is 0 Å². The van der Waals surface area contributed by atoms with E-state index in [0.717, 1.165) is 22.4 Å². The molecule has 2 aromatic rings. The third-order valence-electron chi connectivity index (χ3n) is 3.97. The van der Waals surface area contributed by atoms with Gasteiger partial charge in [-0.3, -0.25) is 0 Å². The van der Waals surface area contributed by atoms with Gasteiger partial charge in [0.2, 0.25) is 0 Å².